The van der Waals surface area contributed by atoms with Gasteiger partial charge in [0.2, 0.25) is 10.0 Å². The van der Waals surface area contributed by atoms with Gasteiger partial charge in [0.15, 0.2) is 0 Å². The molecule has 114 valence electrons. The lowest BCUT2D eigenvalue weighted by Gasteiger charge is -2.29. The largest absolute Gasteiger partial charge is 0.349 e. The van der Waals surface area contributed by atoms with Crippen molar-refractivity contribution in [2.45, 2.75) is 51.1 Å². The topological polar surface area (TPSA) is 68.3 Å². The van der Waals surface area contributed by atoms with Gasteiger partial charge >= 0.3 is 0 Å². The summed E-state index contributed by atoms with van der Waals surface area (Å²) in [4.78, 5) is 0.390. The van der Waals surface area contributed by atoms with E-state index in [1.165, 1.54) is 0 Å². The monoisotopic (exact) mass is 299 g/mol. The minimum absolute atomic E-state index is 0.368. The number of sulfonamides is 1. The highest BCUT2D eigenvalue weighted by atomic mass is 32.2. The van der Waals surface area contributed by atoms with Crippen LogP contribution in [0.25, 0.3) is 0 Å². The molecule has 1 aliphatic heterocycles. The van der Waals surface area contributed by atoms with Crippen molar-refractivity contribution in [3.05, 3.63) is 18.0 Å². The van der Waals surface area contributed by atoms with Crippen LogP contribution in [0.15, 0.2) is 17.2 Å². The van der Waals surface area contributed by atoms with Crippen LogP contribution >= 0.6 is 0 Å². The molecule has 1 saturated heterocycles. The lowest BCUT2D eigenvalue weighted by Crippen LogP contribution is -2.37. The quantitative estimate of drug-likeness (QED) is 0.901. The molecule has 0 unspecified atom stereocenters. The summed E-state index contributed by atoms with van der Waals surface area (Å²) in [6.45, 7) is 6.67. The molecule has 2 heterocycles. The van der Waals surface area contributed by atoms with Crippen LogP contribution in [0, 0.1) is 5.92 Å². The van der Waals surface area contributed by atoms with Gasteiger partial charge in [0.05, 0.1) is 0 Å². The molecule has 1 aromatic rings. The lowest BCUT2D eigenvalue weighted by molar-refractivity contribution is 0.288. The van der Waals surface area contributed by atoms with Crippen LogP contribution in [-0.4, -0.2) is 30.4 Å². The number of nitrogens with two attached hydrogens (primary N) is 1. The second kappa shape index (κ2) is 6.28. The lowest BCUT2D eigenvalue weighted by atomic mass is 10.0. The number of rotatable bonds is 5. The molecule has 0 amide bonds. The Kier molecular flexibility index (Phi) is 4.88. The van der Waals surface area contributed by atoms with Crippen LogP contribution in [0.2, 0.25) is 0 Å². The van der Waals surface area contributed by atoms with Crippen molar-refractivity contribution in [1.29, 1.82) is 0 Å². The molecule has 2 N–H and O–H groups in total. The fraction of sp³-hybridized carbons (Fsp3) is 0.714. The summed E-state index contributed by atoms with van der Waals surface area (Å²) in [5.41, 5.74) is 6.59. The zero-order valence-electron chi connectivity index (χ0n) is 12.4. The van der Waals surface area contributed by atoms with Crippen LogP contribution in [0.4, 0.5) is 0 Å². The van der Waals surface area contributed by atoms with E-state index < -0.39 is 10.0 Å². The Bertz CT molecular complexity index is 543. The number of nitrogens with zero attached hydrogens (tertiary/aromatic N) is 2. The summed E-state index contributed by atoms with van der Waals surface area (Å²) >= 11 is 0. The molecule has 0 saturated carbocycles. The van der Waals surface area contributed by atoms with Gasteiger partial charge in [-0.3, -0.25) is 0 Å². The Morgan fingerprint density at radius 1 is 1.35 bits per heavy atom. The summed E-state index contributed by atoms with van der Waals surface area (Å²) in [5.74, 6) is 0.616. The summed E-state index contributed by atoms with van der Waals surface area (Å²) in [7, 11) is -3.36. The number of aromatic nitrogens is 1. The Hall–Kier alpha value is -0.850. The highest BCUT2D eigenvalue weighted by molar-refractivity contribution is 7.89. The molecular formula is C14H25N3O2S. The Labute approximate surface area is 121 Å². The normalized spacial score (nSPS) is 18.6. The molecule has 0 aromatic carbocycles. The second-order valence-corrected chi connectivity index (χ2v) is 7.59. The second-order valence-electron chi connectivity index (χ2n) is 5.65. The summed E-state index contributed by atoms with van der Waals surface area (Å²) in [5, 5.41) is 0. The summed E-state index contributed by atoms with van der Waals surface area (Å²) in [6, 6.07) is 1.73. The minimum atomic E-state index is -3.36. The van der Waals surface area contributed by atoms with E-state index in [4.69, 9.17) is 5.73 Å². The summed E-state index contributed by atoms with van der Waals surface area (Å²) < 4.78 is 28.9. The molecule has 0 aliphatic carbocycles. The highest BCUT2D eigenvalue weighted by Gasteiger charge is 2.29. The van der Waals surface area contributed by atoms with Gasteiger partial charge in [0.25, 0.3) is 0 Å². The van der Waals surface area contributed by atoms with Crippen molar-refractivity contribution in [2.75, 3.05) is 13.1 Å². The van der Waals surface area contributed by atoms with E-state index in [0.717, 1.165) is 31.5 Å². The predicted octanol–water partition coefficient (Wildman–Crippen LogP) is 1.78. The van der Waals surface area contributed by atoms with E-state index in [9.17, 15) is 8.42 Å². The molecule has 0 atom stereocenters. The van der Waals surface area contributed by atoms with E-state index in [1.54, 1.807) is 16.6 Å². The first kappa shape index (κ1) is 15.5. The first-order valence-electron chi connectivity index (χ1n) is 7.38. The molecular weight excluding hydrogens is 274 g/mol. The van der Waals surface area contributed by atoms with Crippen LogP contribution < -0.4 is 5.73 Å². The van der Waals surface area contributed by atoms with E-state index in [0.29, 0.717) is 30.4 Å². The number of aryl methyl sites for hydroxylation is 1. The Morgan fingerprint density at radius 3 is 2.55 bits per heavy atom. The van der Waals surface area contributed by atoms with Gasteiger partial charge in [-0.2, -0.15) is 4.31 Å². The van der Waals surface area contributed by atoms with Gasteiger partial charge in [0, 0.05) is 38.1 Å². The molecule has 2 rings (SSSR count). The Balaban J connectivity index is 2.25. The van der Waals surface area contributed by atoms with Gasteiger partial charge in [-0.05, 0) is 31.2 Å². The number of hydrogen-bond donors (Lipinski definition) is 1. The van der Waals surface area contributed by atoms with Crippen LogP contribution in [0.1, 0.15) is 38.8 Å². The molecule has 1 aliphatic rings. The van der Waals surface area contributed by atoms with Gasteiger partial charge in [-0.15, -0.1) is 0 Å². The minimum Gasteiger partial charge on any atom is -0.349 e. The van der Waals surface area contributed by atoms with Crippen molar-refractivity contribution < 1.29 is 8.42 Å². The average molecular weight is 299 g/mol. The van der Waals surface area contributed by atoms with Crippen molar-refractivity contribution in [3.8, 4) is 0 Å². The average Bonchev–Trinajstić information content (AvgIpc) is 2.83. The van der Waals surface area contributed by atoms with Crippen molar-refractivity contribution >= 4 is 10.0 Å². The first-order valence-corrected chi connectivity index (χ1v) is 8.82. The van der Waals surface area contributed by atoms with Crippen molar-refractivity contribution in [1.82, 2.24) is 8.87 Å². The molecule has 0 radical (unpaired) electrons. The predicted molar refractivity (Wildman–Crippen MR) is 79.8 cm³/mol. The molecule has 5 nitrogen and oxygen atoms in total. The summed E-state index contributed by atoms with van der Waals surface area (Å²) in [6.07, 6.45) is 4.58. The van der Waals surface area contributed by atoms with E-state index in [1.807, 2.05) is 4.57 Å². The van der Waals surface area contributed by atoms with Gasteiger partial charge in [-0.1, -0.05) is 13.8 Å². The zero-order chi connectivity index (χ0) is 14.8. The maximum absolute atomic E-state index is 12.7. The fourth-order valence-corrected chi connectivity index (χ4v) is 4.20. The maximum atomic E-state index is 12.7. The van der Waals surface area contributed by atoms with Crippen molar-refractivity contribution in [2.24, 2.45) is 11.7 Å². The highest BCUT2D eigenvalue weighted by Crippen LogP contribution is 2.24. The first-order chi connectivity index (χ1) is 9.48. The van der Waals surface area contributed by atoms with Gasteiger partial charge in [0.1, 0.15) is 4.90 Å². The van der Waals surface area contributed by atoms with Crippen LogP contribution in [-0.2, 0) is 23.1 Å². The number of piperidine rings is 1. The molecule has 1 fully saturated rings. The smallest absolute Gasteiger partial charge is 0.244 e. The van der Waals surface area contributed by atoms with Crippen molar-refractivity contribution in [3.63, 3.8) is 0 Å². The standard InChI is InChI=1S/C14H25N3O2S/c1-3-6-16-11-14(9-13(16)10-15)20(18,19)17-7-4-12(2)5-8-17/h9,11-12H,3-8,10,15H2,1-2H3. The van der Waals surface area contributed by atoms with Crippen LogP contribution in [0.3, 0.4) is 0 Å². The third-order valence-corrected chi connectivity index (χ3v) is 5.88. The third-order valence-electron chi connectivity index (χ3n) is 4.01. The number of hydrogen-bond acceptors (Lipinski definition) is 3. The van der Waals surface area contributed by atoms with Crippen LogP contribution in [0.5, 0.6) is 0 Å². The maximum Gasteiger partial charge on any atom is 0.244 e. The zero-order valence-corrected chi connectivity index (χ0v) is 13.2. The molecule has 20 heavy (non-hydrogen) atoms. The van der Waals surface area contributed by atoms with E-state index in [-0.39, 0.29) is 0 Å². The van der Waals surface area contributed by atoms with E-state index >= 15 is 0 Å². The van der Waals surface area contributed by atoms with Gasteiger partial charge < -0.3 is 10.3 Å². The third kappa shape index (κ3) is 3.07. The fourth-order valence-electron chi connectivity index (χ4n) is 2.66. The molecule has 0 spiro atoms. The molecule has 0 bridgehead atoms. The van der Waals surface area contributed by atoms with E-state index in [2.05, 4.69) is 13.8 Å². The SMILES string of the molecule is CCCn1cc(S(=O)(=O)N2CCC(C)CC2)cc1CN. The molecule has 6 heteroatoms. The molecule has 1 aromatic heterocycles. The Morgan fingerprint density at radius 2 is 2.00 bits per heavy atom. The van der Waals surface area contributed by atoms with Gasteiger partial charge in [-0.25, -0.2) is 8.42 Å².